The predicted molar refractivity (Wildman–Crippen MR) is 88.5 cm³/mol. The van der Waals surface area contributed by atoms with Crippen molar-refractivity contribution < 1.29 is 9.47 Å². The van der Waals surface area contributed by atoms with Gasteiger partial charge in [0.2, 0.25) is 0 Å². The predicted octanol–water partition coefficient (Wildman–Crippen LogP) is 3.88. The topological polar surface area (TPSA) is 30.5 Å². The third kappa shape index (κ3) is 5.06. The number of rotatable bonds is 8. The average Bonchev–Trinajstić information content (AvgIpc) is 2.97. The number of benzene rings is 1. The van der Waals surface area contributed by atoms with Gasteiger partial charge in [0.1, 0.15) is 0 Å². The highest BCUT2D eigenvalue weighted by atomic mass is 32.1. The molecule has 0 aliphatic heterocycles. The van der Waals surface area contributed by atoms with Gasteiger partial charge in [0.15, 0.2) is 11.5 Å². The summed E-state index contributed by atoms with van der Waals surface area (Å²) < 4.78 is 11.1. The van der Waals surface area contributed by atoms with Gasteiger partial charge in [0, 0.05) is 6.54 Å². The molecular formula is C17H23NO2S. The van der Waals surface area contributed by atoms with Crippen LogP contribution in [0.1, 0.15) is 25.0 Å². The summed E-state index contributed by atoms with van der Waals surface area (Å²) in [6.07, 6.45) is 1.21. The number of methoxy groups -OCH3 is 1. The molecule has 114 valence electrons. The van der Waals surface area contributed by atoms with E-state index >= 15 is 0 Å². The number of ether oxygens (including phenoxy) is 2. The van der Waals surface area contributed by atoms with Gasteiger partial charge in [-0.2, -0.15) is 11.3 Å². The average molecular weight is 305 g/mol. The Kier molecular flexibility index (Phi) is 6.08. The zero-order valence-corrected chi connectivity index (χ0v) is 13.7. The lowest BCUT2D eigenvalue weighted by molar-refractivity contribution is 0.230. The second-order valence-electron chi connectivity index (χ2n) is 5.21. The Labute approximate surface area is 130 Å². The largest absolute Gasteiger partial charge is 0.493 e. The lowest BCUT2D eigenvalue weighted by Gasteiger charge is -2.14. The molecule has 0 fully saturated rings. The van der Waals surface area contributed by atoms with Crippen LogP contribution in [-0.2, 0) is 13.0 Å². The van der Waals surface area contributed by atoms with E-state index in [0.29, 0.717) is 0 Å². The monoisotopic (exact) mass is 305 g/mol. The maximum atomic E-state index is 5.72. The molecule has 4 heteroatoms. The second-order valence-corrected chi connectivity index (χ2v) is 5.99. The molecule has 2 rings (SSSR count). The zero-order chi connectivity index (χ0) is 15.1. The molecule has 0 radical (unpaired) electrons. The van der Waals surface area contributed by atoms with Crippen molar-refractivity contribution in [2.24, 2.45) is 0 Å². The molecule has 0 saturated heterocycles. The lowest BCUT2D eigenvalue weighted by Crippen LogP contribution is -2.16. The first-order valence-electron chi connectivity index (χ1n) is 7.24. The molecule has 0 atom stereocenters. The van der Waals surface area contributed by atoms with Gasteiger partial charge >= 0.3 is 0 Å². The van der Waals surface area contributed by atoms with Crippen LogP contribution in [0, 0.1) is 0 Å². The molecular weight excluding hydrogens is 282 g/mol. The molecule has 0 saturated carbocycles. The Morgan fingerprint density at radius 2 is 2.00 bits per heavy atom. The second kappa shape index (κ2) is 8.05. The van der Waals surface area contributed by atoms with E-state index in [2.05, 4.69) is 28.2 Å². The smallest absolute Gasteiger partial charge is 0.161 e. The van der Waals surface area contributed by atoms with Crippen molar-refractivity contribution in [1.82, 2.24) is 5.32 Å². The van der Waals surface area contributed by atoms with Crippen LogP contribution >= 0.6 is 11.3 Å². The first kappa shape index (κ1) is 15.9. The lowest BCUT2D eigenvalue weighted by atomic mass is 10.2. The summed E-state index contributed by atoms with van der Waals surface area (Å²) in [6.45, 7) is 5.84. The van der Waals surface area contributed by atoms with E-state index in [4.69, 9.17) is 9.47 Å². The molecule has 0 aliphatic carbocycles. The number of thiophene rings is 1. The molecule has 1 aromatic carbocycles. The van der Waals surface area contributed by atoms with Crippen molar-refractivity contribution in [1.29, 1.82) is 0 Å². The van der Waals surface area contributed by atoms with Gasteiger partial charge in [-0.1, -0.05) is 6.07 Å². The van der Waals surface area contributed by atoms with Crippen molar-refractivity contribution in [2.75, 3.05) is 13.7 Å². The molecule has 2 aromatic rings. The molecule has 1 heterocycles. The van der Waals surface area contributed by atoms with Crippen LogP contribution in [0.15, 0.2) is 35.0 Å². The minimum Gasteiger partial charge on any atom is -0.493 e. The van der Waals surface area contributed by atoms with Crippen LogP contribution in [0.4, 0.5) is 0 Å². The Morgan fingerprint density at radius 3 is 2.67 bits per heavy atom. The van der Waals surface area contributed by atoms with E-state index in [1.165, 1.54) is 11.1 Å². The minimum absolute atomic E-state index is 0.147. The molecule has 1 aromatic heterocycles. The van der Waals surface area contributed by atoms with Gasteiger partial charge in [-0.15, -0.1) is 0 Å². The van der Waals surface area contributed by atoms with Crippen LogP contribution in [0.2, 0.25) is 0 Å². The van der Waals surface area contributed by atoms with E-state index < -0.39 is 0 Å². The Morgan fingerprint density at radius 1 is 1.14 bits per heavy atom. The first-order valence-corrected chi connectivity index (χ1v) is 8.18. The molecule has 21 heavy (non-hydrogen) atoms. The number of hydrogen-bond donors (Lipinski definition) is 1. The Balaban J connectivity index is 1.85. The van der Waals surface area contributed by atoms with Crippen LogP contribution in [0.3, 0.4) is 0 Å². The summed E-state index contributed by atoms with van der Waals surface area (Å²) in [5, 5.41) is 7.78. The number of nitrogens with one attached hydrogen (secondary N) is 1. The zero-order valence-electron chi connectivity index (χ0n) is 12.9. The highest BCUT2D eigenvalue weighted by Gasteiger charge is 2.07. The maximum absolute atomic E-state index is 5.72. The van der Waals surface area contributed by atoms with Crippen molar-refractivity contribution in [3.63, 3.8) is 0 Å². The first-order chi connectivity index (χ1) is 10.2. The standard InChI is InChI=1S/C17H23NO2S/c1-13(2)20-16-5-4-15(10-17(16)19-3)11-18-8-6-14-7-9-21-12-14/h4-5,7,9-10,12-13,18H,6,8,11H2,1-3H3. The van der Waals surface area contributed by atoms with Crippen LogP contribution in [0.5, 0.6) is 11.5 Å². The molecule has 0 aliphatic rings. The van der Waals surface area contributed by atoms with Crippen molar-refractivity contribution in [3.05, 3.63) is 46.2 Å². The van der Waals surface area contributed by atoms with Gasteiger partial charge in [0.25, 0.3) is 0 Å². The van der Waals surface area contributed by atoms with Crippen LogP contribution in [-0.4, -0.2) is 19.8 Å². The highest BCUT2D eigenvalue weighted by Crippen LogP contribution is 2.28. The van der Waals surface area contributed by atoms with Crippen LogP contribution < -0.4 is 14.8 Å². The molecule has 0 unspecified atom stereocenters. The molecule has 0 spiro atoms. The fourth-order valence-electron chi connectivity index (χ4n) is 2.07. The van der Waals surface area contributed by atoms with Gasteiger partial charge in [0.05, 0.1) is 13.2 Å². The van der Waals surface area contributed by atoms with E-state index in [9.17, 15) is 0 Å². The molecule has 1 N–H and O–H groups in total. The fraction of sp³-hybridized carbons (Fsp3) is 0.412. The minimum atomic E-state index is 0.147. The normalized spacial score (nSPS) is 10.9. The SMILES string of the molecule is COc1cc(CNCCc2ccsc2)ccc1OC(C)C. The van der Waals surface area contributed by atoms with Gasteiger partial charge in [-0.3, -0.25) is 0 Å². The molecule has 3 nitrogen and oxygen atoms in total. The van der Waals surface area contributed by atoms with E-state index in [0.717, 1.165) is 31.0 Å². The highest BCUT2D eigenvalue weighted by molar-refractivity contribution is 7.07. The van der Waals surface area contributed by atoms with E-state index in [-0.39, 0.29) is 6.10 Å². The van der Waals surface area contributed by atoms with Crippen molar-refractivity contribution in [3.8, 4) is 11.5 Å². The quantitative estimate of drug-likeness (QED) is 0.751. The molecule has 0 bridgehead atoms. The maximum Gasteiger partial charge on any atom is 0.161 e. The number of hydrogen-bond acceptors (Lipinski definition) is 4. The fourth-order valence-corrected chi connectivity index (χ4v) is 2.78. The summed E-state index contributed by atoms with van der Waals surface area (Å²) >= 11 is 1.75. The third-order valence-corrected chi connectivity index (χ3v) is 3.82. The summed E-state index contributed by atoms with van der Waals surface area (Å²) in [4.78, 5) is 0. The Bertz CT molecular complexity index is 538. The van der Waals surface area contributed by atoms with Crippen molar-refractivity contribution >= 4 is 11.3 Å². The van der Waals surface area contributed by atoms with E-state index in [1.54, 1.807) is 18.4 Å². The summed E-state index contributed by atoms with van der Waals surface area (Å²) in [7, 11) is 1.68. The molecule has 0 amide bonds. The summed E-state index contributed by atoms with van der Waals surface area (Å²) in [6, 6.07) is 8.27. The summed E-state index contributed by atoms with van der Waals surface area (Å²) in [5.41, 5.74) is 2.60. The third-order valence-electron chi connectivity index (χ3n) is 3.09. The summed E-state index contributed by atoms with van der Waals surface area (Å²) in [5.74, 6) is 1.59. The van der Waals surface area contributed by atoms with Crippen LogP contribution in [0.25, 0.3) is 0 Å². The van der Waals surface area contributed by atoms with Gasteiger partial charge < -0.3 is 14.8 Å². The van der Waals surface area contributed by atoms with Crippen molar-refractivity contribution in [2.45, 2.75) is 32.9 Å². The van der Waals surface area contributed by atoms with E-state index in [1.807, 2.05) is 26.0 Å². The van der Waals surface area contributed by atoms with Gasteiger partial charge in [-0.25, -0.2) is 0 Å². The Hall–Kier alpha value is -1.52. The van der Waals surface area contributed by atoms with Gasteiger partial charge in [-0.05, 0) is 66.9 Å².